The average Bonchev–Trinajstić information content (AvgIpc) is 3.27. The first-order chi connectivity index (χ1) is 16.4. The van der Waals surface area contributed by atoms with Crippen molar-refractivity contribution in [2.45, 2.75) is 65.0 Å². The number of nitrogens with zero attached hydrogens (tertiary/aromatic N) is 5. The summed E-state index contributed by atoms with van der Waals surface area (Å²) >= 11 is 0. The van der Waals surface area contributed by atoms with E-state index in [9.17, 15) is 0 Å². The van der Waals surface area contributed by atoms with Crippen LogP contribution in [-0.4, -0.2) is 39.3 Å². The molecule has 0 amide bonds. The van der Waals surface area contributed by atoms with Crippen molar-refractivity contribution in [3.8, 4) is 11.3 Å². The fourth-order valence-electron chi connectivity index (χ4n) is 3.97. The Bertz CT molecular complexity index is 1200. The third-order valence-corrected chi connectivity index (χ3v) is 7.14. The lowest BCUT2D eigenvalue weighted by Crippen LogP contribution is -2.24. The normalized spacial score (nSPS) is 12.4. The van der Waals surface area contributed by atoms with E-state index in [0.717, 1.165) is 34.7 Å². The molecule has 34 heavy (non-hydrogen) atoms. The molecule has 8 heteroatoms. The van der Waals surface area contributed by atoms with Gasteiger partial charge in [0.15, 0.2) is 17.0 Å². The molecule has 7 nitrogen and oxygen atoms in total. The van der Waals surface area contributed by atoms with E-state index in [2.05, 4.69) is 83.3 Å². The molecule has 0 bridgehead atoms. The molecular weight excluding hydrogens is 438 g/mol. The van der Waals surface area contributed by atoms with E-state index in [-0.39, 0.29) is 14.8 Å². The van der Waals surface area contributed by atoms with Crippen LogP contribution in [0.3, 0.4) is 0 Å². The molecule has 4 aromatic rings. The average molecular weight is 473 g/mol. The van der Waals surface area contributed by atoms with Gasteiger partial charge in [-0.2, -0.15) is 9.97 Å². The molecule has 1 aromatic carbocycles. The van der Waals surface area contributed by atoms with Crippen molar-refractivity contribution in [2.24, 2.45) is 0 Å². The van der Waals surface area contributed by atoms with Crippen molar-refractivity contribution in [3.05, 3.63) is 60.6 Å². The smallest absolute Gasteiger partial charge is 0.226 e. The summed E-state index contributed by atoms with van der Waals surface area (Å²) in [5.41, 5.74) is 4.90. The molecule has 3 aromatic heterocycles. The monoisotopic (exact) mass is 472 g/mol. The van der Waals surface area contributed by atoms with Crippen LogP contribution < -0.4 is 10.6 Å². The number of aromatic nitrogens is 5. The summed E-state index contributed by atoms with van der Waals surface area (Å²) in [7, 11) is -0.352. The molecule has 2 N–H and O–H groups in total. The summed E-state index contributed by atoms with van der Waals surface area (Å²) in [5, 5.41) is 7.10. The minimum atomic E-state index is -0.352. The lowest BCUT2D eigenvalue weighted by Gasteiger charge is -2.19. The second kappa shape index (κ2) is 10.8. The largest absolute Gasteiger partial charge is 0.364 e. The number of anilines is 2. The molecule has 0 aliphatic heterocycles. The SMILES string of the molecule is CC[C@H](C[Si](C)C)Nc1nc(NCc2ccc(-c3ccccn3)cc2)c2ncn(C(C)C)c2n1. The van der Waals surface area contributed by atoms with Crippen LogP contribution in [0.5, 0.6) is 0 Å². The Morgan fingerprint density at radius 2 is 1.79 bits per heavy atom. The molecule has 1 radical (unpaired) electrons. The van der Waals surface area contributed by atoms with Gasteiger partial charge in [-0.1, -0.05) is 50.3 Å². The van der Waals surface area contributed by atoms with Crippen LogP contribution in [0.15, 0.2) is 55.0 Å². The van der Waals surface area contributed by atoms with Crippen molar-refractivity contribution in [2.75, 3.05) is 10.6 Å². The third-order valence-electron chi connectivity index (χ3n) is 5.83. The fraction of sp³-hybridized carbons (Fsp3) is 0.385. The molecule has 1 atom stereocenters. The van der Waals surface area contributed by atoms with Gasteiger partial charge in [0.05, 0.1) is 12.0 Å². The van der Waals surface area contributed by atoms with Crippen LogP contribution in [0, 0.1) is 0 Å². The number of pyridine rings is 1. The quantitative estimate of drug-likeness (QED) is 0.274. The van der Waals surface area contributed by atoms with E-state index >= 15 is 0 Å². The van der Waals surface area contributed by atoms with Crippen molar-refractivity contribution in [1.82, 2.24) is 24.5 Å². The van der Waals surface area contributed by atoms with E-state index in [1.54, 1.807) is 0 Å². The Morgan fingerprint density at radius 1 is 1.00 bits per heavy atom. The van der Waals surface area contributed by atoms with E-state index in [1.165, 1.54) is 11.6 Å². The molecule has 0 spiro atoms. The summed E-state index contributed by atoms with van der Waals surface area (Å²) in [6.07, 6.45) is 4.72. The topological polar surface area (TPSA) is 80.5 Å². The molecule has 0 saturated heterocycles. The zero-order chi connectivity index (χ0) is 24.1. The molecule has 0 saturated carbocycles. The molecule has 0 unspecified atom stereocenters. The highest BCUT2D eigenvalue weighted by atomic mass is 28.3. The Hall–Kier alpha value is -3.26. The number of benzene rings is 1. The Kier molecular flexibility index (Phi) is 7.57. The van der Waals surface area contributed by atoms with Crippen molar-refractivity contribution >= 4 is 31.7 Å². The van der Waals surface area contributed by atoms with Gasteiger partial charge in [-0.15, -0.1) is 0 Å². The van der Waals surface area contributed by atoms with E-state index in [1.807, 2.05) is 30.7 Å². The van der Waals surface area contributed by atoms with Crippen LogP contribution in [0.1, 0.15) is 38.8 Å². The van der Waals surface area contributed by atoms with Gasteiger partial charge in [0, 0.05) is 39.2 Å². The maximum absolute atomic E-state index is 4.85. The molecule has 0 fully saturated rings. The van der Waals surface area contributed by atoms with Crippen molar-refractivity contribution in [3.63, 3.8) is 0 Å². The van der Waals surface area contributed by atoms with Gasteiger partial charge in [-0.05, 0) is 44.0 Å². The standard InChI is InChI=1S/C26H34N7Si/c1-6-21(16-34(4)5)30-26-31-24(23-25(32-26)33(17-29-23)18(2)3)28-15-19-10-12-20(13-11-19)22-9-7-8-14-27-22/h7-14,17-18,21H,6,15-16H2,1-5H3,(H2,28,30,31,32)/t21-/m1/s1. The molecule has 0 aliphatic carbocycles. The minimum Gasteiger partial charge on any atom is -0.364 e. The first-order valence-corrected chi connectivity index (χ1v) is 14.7. The Balaban J connectivity index is 1.58. The number of hydrogen-bond acceptors (Lipinski definition) is 6. The van der Waals surface area contributed by atoms with Gasteiger partial charge < -0.3 is 15.2 Å². The van der Waals surface area contributed by atoms with Crippen LogP contribution >= 0.6 is 0 Å². The molecular formula is C26H34N7Si. The number of nitrogens with one attached hydrogen (secondary N) is 2. The Morgan fingerprint density at radius 3 is 2.44 bits per heavy atom. The maximum atomic E-state index is 4.85. The van der Waals surface area contributed by atoms with E-state index < -0.39 is 0 Å². The van der Waals surface area contributed by atoms with Gasteiger partial charge in [-0.3, -0.25) is 4.98 Å². The van der Waals surface area contributed by atoms with Crippen LogP contribution in [0.4, 0.5) is 11.8 Å². The zero-order valence-electron chi connectivity index (χ0n) is 20.7. The number of hydrogen-bond donors (Lipinski definition) is 2. The highest BCUT2D eigenvalue weighted by Gasteiger charge is 2.17. The van der Waals surface area contributed by atoms with Crippen LogP contribution in [0.2, 0.25) is 19.1 Å². The van der Waals surface area contributed by atoms with E-state index in [0.29, 0.717) is 18.5 Å². The molecule has 4 rings (SSSR count). The summed E-state index contributed by atoms with van der Waals surface area (Å²) in [4.78, 5) is 18.8. The van der Waals surface area contributed by atoms with Gasteiger partial charge >= 0.3 is 0 Å². The number of rotatable bonds is 10. The van der Waals surface area contributed by atoms with Crippen molar-refractivity contribution < 1.29 is 0 Å². The van der Waals surface area contributed by atoms with Crippen LogP contribution in [-0.2, 0) is 6.54 Å². The first-order valence-electron chi connectivity index (χ1n) is 12.0. The van der Waals surface area contributed by atoms with Gasteiger partial charge in [0.2, 0.25) is 5.95 Å². The predicted molar refractivity (Wildman–Crippen MR) is 143 cm³/mol. The summed E-state index contributed by atoms with van der Waals surface area (Å²) in [6.45, 7) is 11.8. The molecule has 0 aliphatic rings. The first kappa shape index (κ1) is 23.9. The lowest BCUT2D eigenvalue weighted by atomic mass is 10.1. The highest BCUT2D eigenvalue weighted by molar-refractivity contribution is 6.55. The zero-order valence-corrected chi connectivity index (χ0v) is 21.7. The summed E-state index contributed by atoms with van der Waals surface area (Å²) in [6, 6.07) is 16.2. The highest BCUT2D eigenvalue weighted by Crippen LogP contribution is 2.25. The minimum absolute atomic E-state index is 0.266. The van der Waals surface area contributed by atoms with Crippen molar-refractivity contribution in [1.29, 1.82) is 0 Å². The second-order valence-corrected chi connectivity index (χ2v) is 12.1. The third kappa shape index (κ3) is 5.62. The Labute approximate surface area is 203 Å². The van der Waals surface area contributed by atoms with Gasteiger partial charge in [0.25, 0.3) is 0 Å². The van der Waals surface area contributed by atoms with Crippen LogP contribution in [0.25, 0.3) is 22.4 Å². The summed E-state index contributed by atoms with van der Waals surface area (Å²) < 4.78 is 2.10. The second-order valence-electron chi connectivity index (χ2n) is 9.24. The lowest BCUT2D eigenvalue weighted by molar-refractivity contribution is 0.612. The maximum Gasteiger partial charge on any atom is 0.226 e. The number of fused-ring (bicyclic) bond motifs is 1. The van der Waals surface area contributed by atoms with Gasteiger partial charge in [0.1, 0.15) is 0 Å². The fourth-order valence-corrected chi connectivity index (χ4v) is 5.34. The number of imidazole rings is 1. The predicted octanol–water partition coefficient (Wildman–Crippen LogP) is 6.03. The van der Waals surface area contributed by atoms with Gasteiger partial charge in [-0.25, -0.2) is 4.98 Å². The van der Waals surface area contributed by atoms with E-state index in [4.69, 9.17) is 9.97 Å². The molecule has 3 heterocycles. The summed E-state index contributed by atoms with van der Waals surface area (Å²) in [5.74, 6) is 1.42. The molecule has 177 valence electrons.